The number of nitrogens with zero attached hydrogens (tertiary/aromatic N) is 2. The zero-order valence-corrected chi connectivity index (χ0v) is 11.1. The molecule has 1 aromatic heterocycles. The fourth-order valence-corrected chi connectivity index (χ4v) is 1.81. The maximum Gasteiger partial charge on any atom is 0.272 e. The summed E-state index contributed by atoms with van der Waals surface area (Å²) in [5.74, 6) is 0.726. The summed E-state index contributed by atoms with van der Waals surface area (Å²) in [6.07, 6.45) is 0.845. The van der Waals surface area contributed by atoms with Crippen LogP contribution in [0.3, 0.4) is 0 Å². The third-order valence-electron chi connectivity index (χ3n) is 2.83. The number of ether oxygens (including phenoxy) is 1. The van der Waals surface area contributed by atoms with Crippen molar-refractivity contribution in [1.82, 2.24) is 4.98 Å². The monoisotopic (exact) mass is 274 g/mol. The Morgan fingerprint density at radius 3 is 2.75 bits per heavy atom. The Kier molecular flexibility index (Phi) is 3.95. The summed E-state index contributed by atoms with van der Waals surface area (Å²) in [5.41, 5.74) is 1.10. The normalized spacial score (nSPS) is 11.9. The van der Waals surface area contributed by atoms with Gasteiger partial charge in [0.15, 0.2) is 0 Å². The molecule has 104 valence electrons. The van der Waals surface area contributed by atoms with Gasteiger partial charge >= 0.3 is 0 Å². The van der Waals surface area contributed by atoms with E-state index >= 15 is 0 Å². The standard InChI is InChI=1S/C14H14N2O4/c1-9-8-11(5-6-13(9)16(18)19)20-14-12(10(2)17)4-3-7-15-14/h3-8,10,17H,1-2H3/t10-/m0/s1. The largest absolute Gasteiger partial charge is 0.439 e. The van der Waals surface area contributed by atoms with E-state index in [2.05, 4.69) is 4.98 Å². The van der Waals surface area contributed by atoms with E-state index in [1.807, 2.05) is 0 Å². The molecule has 0 saturated heterocycles. The Morgan fingerprint density at radius 2 is 2.15 bits per heavy atom. The molecular formula is C14H14N2O4. The lowest BCUT2D eigenvalue weighted by Gasteiger charge is -2.11. The number of pyridine rings is 1. The van der Waals surface area contributed by atoms with Gasteiger partial charge in [-0.2, -0.15) is 0 Å². The number of aliphatic hydroxyl groups excluding tert-OH is 1. The molecule has 1 N–H and O–H groups in total. The Morgan fingerprint density at radius 1 is 1.40 bits per heavy atom. The van der Waals surface area contributed by atoms with Crippen LogP contribution in [0.15, 0.2) is 36.5 Å². The van der Waals surface area contributed by atoms with Crippen molar-refractivity contribution < 1.29 is 14.8 Å². The van der Waals surface area contributed by atoms with E-state index in [9.17, 15) is 15.2 Å². The van der Waals surface area contributed by atoms with Gasteiger partial charge in [0.25, 0.3) is 5.69 Å². The van der Waals surface area contributed by atoms with E-state index in [4.69, 9.17) is 4.74 Å². The SMILES string of the molecule is Cc1cc(Oc2ncccc2[C@H](C)O)ccc1[N+](=O)[O-]. The number of nitro benzene ring substituents is 1. The predicted molar refractivity (Wildman–Crippen MR) is 72.8 cm³/mol. The van der Waals surface area contributed by atoms with Crippen LogP contribution in [0.4, 0.5) is 5.69 Å². The summed E-state index contributed by atoms with van der Waals surface area (Å²) in [6.45, 7) is 3.25. The first-order chi connectivity index (χ1) is 9.49. The number of rotatable bonds is 4. The molecule has 1 atom stereocenters. The van der Waals surface area contributed by atoms with E-state index in [1.165, 1.54) is 12.1 Å². The summed E-state index contributed by atoms with van der Waals surface area (Å²) in [4.78, 5) is 14.4. The molecule has 2 aromatic rings. The molecule has 20 heavy (non-hydrogen) atoms. The highest BCUT2D eigenvalue weighted by Crippen LogP contribution is 2.29. The summed E-state index contributed by atoms with van der Waals surface area (Å²) in [7, 11) is 0. The molecule has 0 aliphatic carbocycles. The second kappa shape index (κ2) is 5.66. The Bertz CT molecular complexity index is 641. The molecule has 0 fully saturated rings. The lowest BCUT2D eigenvalue weighted by atomic mass is 10.1. The summed E-state index contributed by atoms with van der Waals surface area (Å²) >= 11 is 0. The number of aliphatic hydroxyl groups is 1. The van der Waals surface area contributed by atoms with E-state index < -0.39 is 11.0 Å². The first-order valence-corrected chi connectivity index (χ1v) is 6.05. The van der Waals surface area contributed by atoms with Gasteiger partial charge in [0.05, 0.1) is 11.0 Å². The van der Waals surface area contributed by atoms with Crippen molar-refractivity contribution in [3.63, 3.8) is 0 Å². The second-order valence-electron chi connectivity index (χ2n) is 4.38. The fourth-order valence-electron chi connectivity index (χ4n) is 1.81. The zero-order chi connectivity index (χ0) is 14.7. The number of benzene rings is 1. The number of aromatic nitrogens is 1. The van der Waals surface area contributed by atoms with Gasteiger partial charge in [0.2, 0.25) is 5.88 Å². The van der Waals surface area contributed by atoms with Crippen LogP contribution in [0, 0.1) is 17.0 Å². The van der Waals surface area contributed by atoms with Crippen LogP contribution >= 0.6 is 0 Å². The molecule has 1 aromatic carbocycles. The smallest absolute Gasteiger partial charge is 0.272 e. The number of hydrogen-bond acceptors (Lipinski definition) is 5. The average molecular weight is 274 g/mol. The molecule has 0 amide bonds. The Balaban J connectivity index is 2.31. The average Bonchev–Trinajstić information content (AvgIpc) is 2.38. The molecule has 0 aliphatic heterocycles. The van der Waals surface area contributed by atoms with Gasteiger partial charge < -0.3 is 9.84 Å². The predicted octanol–water partition coefficient (Wildman–Crippen LogP) is 3.14. The maximum absolute atomic E-state index is 10.8. The third-order valence-corrected chi connectivity index (χ3v) is 2.83. The van der Waals surface area contributed by atoms with Crippen molar-refractivity contribution in [2.24, 2.45) is 0 Å². The van der Waals surface area contributed by atoms with Gasteiger partial charge in [0, 0.05) is 23.4 Å². The van der Waals surface area contributed by atoms with Gasteiger partial charge in [0.1, 0.15) is 5.75 Å². The van der Waals surface area contributed by atoms with Crippen molar-refractivity contribution in [1.29, 1.82) is 0 Å². The minimum absolute atomic E-state index is 0.0362. The van der Waals surface area contributed by atoms with Crippen molar-refractivity contribution in [2.75, 3.05) is 0 Å². The van der Waals surface area contributed by atoms with Crippen molar-refractivity contribution in [3.05, 3.63) is 57.8 Å². The Labute approximate surface area is 115 Å². The number of hydrogen-bond donors (Lipinski definition) is 1. The van der Waals surface area contributed by atoms with Crippen molar-refractivity contribution >= 4 is 5.69 Å². The molecule has 0 aliphatic rings. The van der Waals surface area contributed by atoms with Crippen LogP contribution in [0.5, 0.6) is 11.6 Å². The van der Waals surface area contributed by atoms with Gasteiger partial charge in [-0.15, -0.1) is 0 Å². The number of aryl methyl sites for hydroxylation is 1. The highest BCUT2D eigenvalue weighted by Gasteiger charge is 2.14. The number of nitro groups is 1. The van der Waals surface area contributed by atoms with E-state index in [-0.39, 0.29) is 11.6 Å². The highest BCUT2D eigenvalue weighted by molar-refractivity contribution is 5.45. The molecule has 0 saturated carbocycles. The topological polar surface area (TPSA) is 85.5 Å². The summed E-state index contributed by atoms with van der Waals surface area (Å²) in [6, 6.07) is 7.88. The molecule has 2 rings (SSSR count). The lowest BCUT2D eigenvalue weighted by Crippen LogP contribution is -1.98. The first kappa shape index (κ1) is 14.0. The van der Waals surface area contributed by atoms with Crippen LogP contribution < -0.4 is 4.74 Å². The van der Waals surface area contributed by atoms with Crippen LogP contribution in [-0.4, -0.2) is 15.0 Å². The minimum Gasteiger partial charge on any atom is -0.439 e. The van der Waals surface area contributed by atoms with Gasteiger partial charge in [-0.1, -0.05) is 0 Å². The van der Waals surface area contributed by atoms with Crippen LogP contribution in [-0.2, 0) is 0 Å². The van der Waals surface area contributed by atoms with E-state index in [0.29, 0.717) is 16.9 Å². The zero-order valence-electron chi connectivity index (χ0n) is 11.1. The molecule has 0 bridgehead atoms. The molecular weight excluding hydrogens is 260 g/mol. The van der Waals surface area contributed by atoms with Crippen LogP contribution in [0.1, 0.15) is 24.2 Å². The van der Waals surface area contributed by atoms with Crippen LogP contribution in [0.25, 0.3) is 0 Å². The first-order valence-electron chi connectivity index (χ1n) is 6.05. The Hall–Kier alpha value is -2.47. The molecule has 0 spiro atoms. The van der Waals surface area contributed by atoms with E-state index in [0.717, 1.165) is 0 Å². The van der Waals surface area contributed by atoms with E-state index in [1.54, 1.807) is 38.2 Å². The van der Waals surface area contributed by atoms with Gasteiger partial charge in [-0.3, -0.25) is 10.1 Å². The molecule has 1 heterocycles. The van der Waals surface area contributed by atoms with Crippen molar-refractivity contribution in [3.8, 4) is 11.6 Å². The summed E-state index contributed by atoms with van der Waals surface area (Å²) < 4.78 is 5.59. The maximum atomic E-state index is 10.8. The van der Waals surface area contributed by atoms with Crippen LogP contribution in [0.2, 0.25) is 0 Å². The van der Waals surface area contributed by atoms with Gasteiger partial charge in [-0.05, 0) is 38.1 Å². The minimum atomic E-state index is -0.710. The molecule has 6 heteroatoms. The second-order valence-corrected chi connectivity index (χ2v) is 4.38. The summed E-state index contributed by atoms with van der Waals surface area (Å²) in [5, 5.41) is 20.4. The molecule has 0 radical (unpaired) electrons. The highest BCUT2D eigenvalue weighted by atomic mass is 16.6. The van der Waals surface area contributed by atoms with Gasteiger partial charge in [-0.25, -0.2) is 4.98 Å². The quantitative estimate of drug-likeness (QED) is 0.683. The molecule has 0 unspecified atom stereocenters. The third kappa shape index (κ3) is 2.92. The fraction of sp³-hybridized carbons (Fsp3) is 0.214. The molecule has 6 nitrogen and oxygen atoms in total. The lowest BCUT2D eigenvalue weighted by molar-refractivity contribution is -0.385. The van der Waals surface area contributed by atoms with Crippen molar-refractivity contribution in [2.45, 2.75) is 20.0 Å².